The number of rotatable bonds is 2. The Bertz CT molecular complexity index is 277. The van der Waals surface area contributed by atoms with Gasteiger partial charge in [-0.25, -0.2) is 0 Å². The van der Waals surface area contributed by atoms with Crippen molar-refractivity contribution in [1.82, 2.24) is 15.1 Å². The third-order valence-electron chi connectivity index (χ3n) is 3.91. The van der Waals surface area contributed by atoms with Crippen molar-refractivity contribution in [1.29, 1.82) is 0 Å². The Labute approximate surface area is 90.6 Å². The highest BCUT2D eigenvalue weighted by atomic mass is 16.2. The van der Waals surface area contributed by atoms with Gasteiger partial charge in [0.15, 0.2) is 0 Å². The van der Waals surface area contributed by atoms with Gasteiger partial charge in [-0.05, 0) is 26.2 Å². The predicted molar refractivity (Wildman–Crippen MR) is 57.3 cm³/mol. The van der Waals surface area contributed by atoms with E-state index < -0.39 is 0 Å². The number of amides is 1. The number of carbonyl (C=O) groups excluding carboxylic acids is 1. The maximum absolute atomic E-state index is 11.7. The zero-order valence-corrected chi connectivity index (χ0v) is 9.28. The lowest BCUT2D eigenvalue weighted by atomic mass is 10.2. The van der Waals surface area contributed by atoms with E-state index in [1.165, 1.54) is 19.4 Å². The van der Waals surface area contributed by atoms with Gasteiger partial charge < -0.3 is 4.90 Å². The minimum absolute atomic E-state index is 0.238. The second-order valence-electron chi connectivity index (χ2n) is 5.03. The van der Waals surface area contributed by atoms with Crippen molar-refractivity contribution in [3.8, 4) is 0 Å². The summed E-state index contributed by atoms with van der Waals surface area (Å²) in [5.74, 6) is 0.283. The lowest BCUT2D eigenvalue weighted by Gasteiger charge is -2.28. The molecule has 2 unspecified atom stereocenters. The summed E-state index contributed by atoms with van der Waals surface area (Å²) in [5.41, 5.74) is 0. The van der Waals surface area contributed by atoms with Crippen LogP contribution in [0.15, 0.2) is 0 Å². The summed E-state index contributed by atoms with van der Waals surface area (Å²) in [6.07, 6.45) is 4.14. The highest BCUT2D eigenvalue weighted by molar-refractivity contribution is 5.81. The molecule has 0 radical (unpaired) electrons. The summed E-state index contributed by atoms with van der Waals surface area (Å²) in [6, 6.07) is 1.30. The second kappa shape index (κ2) is 3.46. The molecular formula is C11H19N3O. The monoisotopic (exact) mass is 209 g/mol. The number of likely N-dealkylation sites (tertiary alicyclic amines) is 1. The van der Waals surface area contributed by atoms with Crippen LogP contribution in [0.3, 0.4) is 0 Å². The fourth-order valence-corrected chi connectivity index (χ4v) is 2.93. The predicted octanol–water partition coefficient (Wildman–Crippen LogP) is 0.000900. The van der Waals surface area contributed by atoms with E-state index in [1.54, 1.807) is 0 Å². The van der Waals surface area contributed by atoms with Crippen LogP contribution in [0.1, 0.15) is 26.2 Å². The summed E-state index contributed by atoms with van der Waals surface area (Å²) >= 11 is 0. The highest BCUT2D eigenvalue weighted by Gasteiger charge is 2.40. The molecule has 4 nitrogen and oxygen atoms in total. The van der Waals surface area contributed by atoms with Crippen molar-refractivity contribution >= 4 is 5.91 Å². The van der Waals surface area contributed by atoms with E-state index in [0.717, 1.165) is 19.0 Å². The second-order valence-corrected chi connectivity index (χ2v) is 5.03. The summed E-state index contributed by atoms with van der Waals surface area (Å²) in [5, 5.41) is 3.21. The third-order valence-corrected chi connectivity index (χ3v) is 3.91. The Balaban J connectivity index is 1.65. The van der Waals surface area contributed by atoms with Gasteiger partial charge in [-0.15, -0.1) is 0 Å². The fourth-order valence-electron chi connectivity index (χ4n) is 2.93. The van der Waals surface area contributed by atoms with E-state index in [0.29, 0.717) is 12.6 Å². The van der Waals surface area contributed by atoms with Crippen molar-refractivity contribution in [3.05, 3.63) is 0 Å². The average Bonchev–Trinajstić information content (AvgIpc) is 2.87. The normalized spacial score (nSPS) is 37.9. The molecule has 0 spiro atoms. The molecule has 2 heterocycles. The van der Waals surface area contributed by atoms with Gasteiger partial charge >= 0.3 is 0 Å². The zero-order chi connectivity index (χ0) is 10.4. The van der Waals surface area contributed by atoms with E-state index in [9.17, 15) is 4.79 Å². The van der Waals surface area contributed by atoms with Crippen molar-refractivity contribution in [2.75, 3.05) is 19.6 Å². The highest BCUT2D eigenvalue weighted by Crippen LogP contribution is 2.31. The van der Waals surface area contributed by atoms with E-state index in [1.807, 2.05) is 0 Å². The smallest absolute Gasteiger partial charge is 0.238 e. The van der Waals surface area contributed by atoms with Crippen LogP contribution in [0.4, 0.5) is 0 Å². The summed E-state index contributed by atoms with van der Waals surface area (Å²) in [4.78, 5) is 16.3. The lowest BCUT2D eigenvalue weighted by Crippen LogP contribution is -2.44. The van der Waals surface area contributed by atoms with Crippen molar-refractivity contribution < 1.29 is 4.79 Å². The molecule has 3 fully saturated rings. The molecule has 0 aromatic heterocycles. The maximum Gasteiger partial charge on any atom is 0.238 e. The first-order chi connectivity index (χ1) is 7.25. The van der Waals surface area contributed by atoms with Crippen LogP contribution in [0, 0.1) is 0 Å². The SMILES string of the molecule is CC1NCC(=O)N1C1CCN(C2CC2)C1. The molecule has 3 aliphatic rings. The van der Waals surface area contributed by atoms with Crippen LogP contribution in [-0.4, -0.2) is 53.6 Å². The first-order valence-corrected chi connectivity index (χ1v) is 6.04. The third kappa shape index (κ3) is 1.66. The average molecular weight is 209 g/mol. The zero-order valence-electron chi connectivity index (χ0n) is 9.28. The quantitative estimate of drug-likeness (QED) is 0.695. The van der Waals surface area contributed by atoms with Gasteiger partial charge in [-0.3, -0.25) is 15.0 Å². The fraction of sp³-hybridized carbons (Fsp3) is 0.909. The summed E-state index contributed by atoms with van der Waals surface area (Å²) in [7, 11) is 0. The van der Waals surface area contributed by atoms with E-state index >= 15 is 0 Å². The first-order valence-electron chi connectivity index (χ1n) is 6.04. The largest absolute Gasteiger partial charge is 0.322 e. The Morgan fingerprint density at radius 2 is 2.07 bits per heavy atom. The first kappa shape index (κ1) is 9.60. The molecule has 84 valence electrons. The van der Waals surface area contributed by atoms with Gasteiger partial charge in [0.05, 0.1) is 12.7 Å². The van der Waals surface area contributed by atoms with E-state index in [2.05, 4.69) is 22.0 Å². The maximum atomic E-state index is 11.7. The molecule has 1 N–H and O–H groups in total. The van der Waals surface area contributed by atoms with Crippen LogP contribution in [0.2, 0.25) is 0 Å². The Hall–Kier alpha value is -0.610. The van der Waals surface area contributed by atoms with Crippen LogP contribution >= 0.6 is 0 Å². The number of carbonyl (C=O) groups is 1. The molecule has 3 rings (SSSR count). The Morgan fingerprint density at radius 3 is 2.67 bits per heavy atom. The van der Waals surface area contributed by atoms with Crippen LogP contribution in [0.5, 0.6) is 0 Å². The molecule has 15 heavy (non-hydrogen) atoms. The minimum atomic E-state index is 0.238. The van der Waals surface area contributed by atoms with Gasteiger partial charge in [-0.2, -0.15) is 0 Å². The molecule has 0 bridgehead atoms. The molecule has 0 aromatic carbocycles. The number of hydrogen-bond donors (Lipinski definition) is 1. The molecular weight excluding hydrogens is 190 g/mol. The molecule has 2 atom stereocenters. The van der Waals surface area contributed by atoms with E-state index in [4.69, 9.17) is 0 Å². The molecule has 4 heteroatoms. The van der Waals surface area contributed by atoms with Crippen LogP contribution in [-0.2, 0) is 4.79 Å². The Kier molecular flexibility index (Phi) is 2.21. The summed E-state index contributed by atoms with van der Waals surface area (Å²) < 4.78 is 0. The molecule has 2 aliphatic heterocycles. The van der Waals surface area contributed by atoms with Crippen molar-refractivity contribution in [2.24, 2.45) is 0 Å². The molecule has 2 saturated heterocycles. The standard InChI is InChI=1S/C11H19N3O/c1-8-12-6-11(15)14(8)10-4-5-13(7-10)9-2-3-9/h8-10,12H,2-7H2,1H3. The van der Waals surface area contributed by atoms with E-state index in [-0.39, 0.29) is 12.1 Å². The minimum Gasteiger partial charge on any atom is -0.322 e. The molecule has 0 aromatic rings. The summed E-state index contributed by atoms with van der Waals surface area (Å²) in [6.45, 7) is 4.90. The molecule has 1 amide bonds. The topological polar surface area (TPSA) is 35.6 Å². The van der Waals surface area contributed by atoms with Crippen LogP contribution < -0.4 is 5.32 Å². The van der Waals surface area contributed by atoms with Gasteiger partial charge in [-0.1, -0.05) is 0 Å². The van der Waals surface area contributed by atoms with Gasteiger partial charge in [0.2, 0.25) is 5.91 Å². The lowest BCUT2D eigenvalue weighted by molar-refractivity contribution is -0.129. The molecule has 1 saturated carbocycles. The number of nitrogens with one attached hydrogen (secondary N) is 1. The van der Waals surface area contributed by atoms with Gasteiger partial charge in [0.25, 0.3) is 0 Å². The molecule has 1 aliphatic carbocycles. The number of hydrogen-bond acceptors (Lipinski definition) is 3. The van der Waals surface area contributed by atoms with Gasteiger partial charge in [0.1, 0.15) is 0 Å². The van der Waals surface area contributed by atoms with Crippen LogP contribution in [0.25, 0.3) is 0 Å². The van der Waals surface area contributed by atoms with Gasteiger partial charge in [0, 0.05) is 25.2 Å². The van der Waals surface area contributed by atoms with Crippen molar-refractivity contribution in [2.45, 2.75) is 44.4 Å². The number of nitrogens with zero attached hydrogens (tertiary/aromatic N) is 2. The Morgan fingerprint density at radius 1 is 1.27 bits per heavy atom. The van der Waals surface area contributed by atoms with Crippen molar-refractivity contribution in [3.63, 3.8) is 0 Å².